The Balaban J connectivity index is 2.41. The van der Waals surface area contributed by atoms with Crippen molar-refractivity contribution in [2.45, 2.75) is 110 Å². The molecule has 1 aliphatic heterocycles. The van der Waals surface area contributed by atoms with Crippen molar-refractivity contribution in [2.24, 2.45) is 17.8 Å². The summed E-state index contributed by atoms with van der Waals surface area (Å²) in [5.74, 6) is 2.18. The van der Waals surface area contributed by atoms with E-state index in [0.717, 1.165) is 0 Å². The maximum absolute atomic E-state index is 2.81. The smallest absolute Gasteiger partial charge is 0.0228 e. The Hall–Kier alpha value is -0.870. The number of hydrogen-bond donors (Lipinski definition) is 0. The molecular weight excluding hydrogens is 391 g/mol. The van der Waals surface area contributed by atoms with Gasteiger partial charge in [-0.05, 0) is 52.0 Å². The standard InChI is InChI=1S/C30H47P/c1-21(2)25-19-26(22(3)4)27(24-15-12-11-13-16-24)30(20-25,23(5)6)31-28(7,8)17-14-18-29(31,9)10/h11-13,15-16,19-23,27H,14,17-18H2,1-10H3. The lowest BCUT2D eigenvalue weighted by atomic mass is 9.67. The minimum absolute atomic E-state index is 0.179. The van der Waals surface area contributed by atoms with Crippen LogP contribution in [-0.2, 0) is 0 Å². The molecule has 0 bridgehead atoms. The molecule has 0 spiro atoms. The molecule has 172 valence electrons. The Bertz CT molecular complexity index is 805. The van der Waals surface area contributed by atoms with E-state index in [1.54, 1.807) is 11.1 Å². The molecule has 0 amide bonds. The Labute approximate surface area is 194 Å². The third-order valence-corrected chi connectivity index (χ3v) is 12.6. The monoisotopic (exact) mass is 438 g/mol. The minimum atomic E-state index is -0.283. The highest BCUT2D eigenvalue weighted by Gasteiger charge is 2.59. The van der Waals surface area contributed by atoms with Crippen LogP contribution < -0.4 is 0 Å². The molecule has 1 aliphatic carbocycles. The van der Waals surface area contributed by atoms with E-state index < -0.39 is 0 Å². The van der Waals surface area contributed by atoms with E-state index >= 15 is 0 Å². The lowest BCUT2D eigenvalue weighted by Crippen LogP contribution is -2.52. The van der Waals surface area contributed by atoms with Crippen molar-refractivity contribution in [1.82, 2.24) is 0 Å². The largest absolute Gasteiger partial charge is 0.0835 e. The maximum atomic E-state index is 2.81. The SMILES string of the molecule is CC(C)C1=CC(C(C)C)(P2C(C)(C)CCCC2(C)C)C(c2ccccc2)C(C(C)C)=C1. The molecule has 0 saturated carbocycles. The molecule has 0 radical (unpaired) electrons. The lowest BCUT2D eigenvalue weighted by molar-refractivity contribution is 0.381. The molecule has 1 aromatic carbocycles. The number of rotatable bonds is 5. The Morgan fingerprint density at radius 1 is 0.806 bits per heavy atom. The fourth-order valence-corrected chi connectivity index (χ4v) is 12.7. The van der Waals surface area contributed by atoms with Crippen molar-refractivity contribution in [2.75, 3.05) is 0 Å². The summed E-state index contributed by atoms with van der Waals surface area (Å²) in [5, 5.41) is 0.941. The van der Waals surface area contributed by atoms with E-state index in [0.29, 0.717) is 34.0 Å². The van der Waals surface area contributed by atoms with Crippen LogP contribution in [0.15, 0.2) is 53.6 Å². The first-order chi connectivity index (χ1) is 14.3. The van der Waals surface area contributed by atoms with E-state index in [-0.39, 0.29) is 13.1 Å². The van der Waals surface area contributed by atoms with Gasteiger partial charge < -0.3 is 0 Å². The molecule has 2 atom stereocenters. The summed E-state index contributed by atoms with van der Waals surface area (Å²) in [6, 6.07) is 11.5. The third kappa shape index (κ3) is 4.36. The van der Waals surface area contributed by atoms with Crippen molar-refractivity contribution in [3.63, 3.8) is 0 Å². The van der Waals surface area contributed by atoms with Crippen LogP contribution in [0.1, 0.15) is 100.0 Å². The van der Waals surface area contributed by atoms with Gasteiger partial charge in [-0.1, -0.05) is 132 Å². The highest BCUT2D eigenvalue weighted by molar-refractivity contribution is 7.63. The Morgan fingerprint density at radius 2 is 1.35 bits per heavy atom. The molecule has 1 aromatic rings. The molecule has 0 aromatic heterocycles. The van der Waals surface area contributed by atoms with Gasteiger partial charge in [0.15, 0.2) is 0 Å². The van der Waals surface area contributed by atoms with Gasteiger partial charge in [-0.3, -0.25) is 0 Å². The van der Waals surface area contributed by atoms with Gasteiger partial charge in [0.05, 0.1) is 0 Å². The van der Waals surface area contributed by atoms with Crippen molar-refractivity contribution in [3.8, 4) is 0 Å². The molecule has 0 N–H and O–H groups in total. The van der Waals surface area contributed by atoms with Crippen molar-refractivity contribution >= 4 is 7.92 Å². The van der Waals surface area contributed by atoms with Crippen LogP contribution in [0.25, 0.3) is 0 Å². The summed E-state index contributed by atoms with van der Waals surface area (Å²) in [5.41, 5.74) is 4.75. The normalized spacial score (nSPS) is 28.7. The van der Waals surface area contributed by atoms with Gasteiger partial charge in [-0.2, -0.15) is 0 Å². The highest BCUT2D eigenvalue weighted by Crippen LogP contribution is 2.78. The first kappa shape index (κ1) is 24.8. The second-order valence-electron chi connectivity index (χ2n) is 12.3. The predicted molar refractivity (Wildman–Crippen MR) is 142 cm³/mol. The zero-order valence-electron chi connectivity index (χ0n) is 21.9. The van der Waals surface area contributed by atoms with Crippen LogP contribution in [0.2, 0.25) is 0 Å². The fraction of sp³-hybridized carbons (Fsp3) is 0.667. The predicted octanol–water partition coefficient (Wildman–Crippen LogP) is 9.57. The quantitative estimate of drug-likeness (QED) is 0.401. The molecule has 1 saturated heterocycles. The van der Waals surface area contributed by atoms with Gasteiger partial charge in [-0.15, -0.1) is 0 Å². The van der Waals surface area contributed by atoms with Crippen LogP contribution in [0.4, 0.5) is 0 Å². The van der Waals surface area contributed by atoms with Gasteiger partial charge in [-0.25, -0.2) is 0 Å². The molecule has 1 fully saturated rings. The molecule has 2 aliphatic rings. The highest BCUT2D eigenvalue weighted by atomic mass is 31.1. The molecule has 1 heterocycles. The molecule has 1 heteroatoms. The molecular formula is C30H47P. The van der Waals surface area contributed by atoms with Crippen molar-refractivity contribution in [3.05, 3.63) is 59.2 Å². The second kappa shape index (κ2) is 8.82. The van der Waals surface area contributed by atoms with Gasteiger partial charge in [0.25, 0.3) is 0 Å². The average molecular weight is 439 g/mol. The van der Waals surface area contributed by atoms with Crippen LogP contribution in [0.3, 0.4) is 0 Å². The zero-order chi connectivity index (χ0) is 23.2. The van der Waals surface area contributed by atoms with E-state index in [2.05, 4.69) is 112 Å². The summed E-state index contributed by atoms with van der Waals surface area (Å²) >= 11 is 0. The fourth-order valence-electron chi connectivity index (χ4n) is 6.87. The number of hydrogen-bond acceptors (Lipinski definition) is 0. The van der Waals surface area contributed by atoms with E-state index in [9.17, 15) is 0 Å². The maximum Gasteiger partial charge on any atom is 0.0228 e. The third-order valence-electron chi connectivity index (χ3n) is 8.09. The van der Waals surface area contributed by atoms with Crippen LogP contribution in [0.5, 0.6) is 0 Å². The Kier molecular flexibility index (Phi) is 7.04. The Morgan fingerprint density at radius 3 is 1.81 bits per heavy atom. The first-order valence-electron chi connectivity index (χ1n) is 12.6. The van der Waals surface area contributed by atoms with Gasteiger partial charge in [0.2, 0.25) is 0 Å². The van der Waals surface area contributed by atoms with Gasteiger partial charge in [0.1, 0.15) is 0 Å². The van der Waals surface area contributed by atoms with E-state index in [1.165, 1.54) is 24.8 Å². The molecule has 2 unspecified atom stereocenters. The van der Waals surface area contributed by atoms with E-state index in [1.807, 2.05) is 0 Å². The zero-order valence-corrected chi connectivity index (χ0v) is 22.8. The van der Waals surface area contributed by atoms with Gasteiger partial charge >= 0.3 is 0 Å². The summed E-state index contributed by atoms with van der Waals surface area (Å²) < 4.78 is 0. The number of allylic oxidation sites excluding steroid dienone is 4. The average Bonchev–Trinajstić information content (AvgIpc) is 2.66. The molecule has 31 heavy (non-hydrogen) atoms. The topological polar surface area (TPSA) is 0 Å². The second-order valence-corrected chi connectivity index (χ2v) is 16.2. The van der Waals surface area contributed by atoms with Crippen LogP contribution in [0, 0.1) is 17.8 Å². The minimum Gasteiger partial charge on any atom is -0.0835 e. The van der Waals surface area contributed by atoms with Gasteiger partial charge in [0, 0.05) is 11.1 Å². The molecule has 3 rings (SSSR count). The van der Waals surface area contributed by atoms with Crippen molar-refractivity contribution in [1.29, 1.82) is 0 Å². The van der Waals surface area contributed by atoms with E-state index in [4.69, 9.17) is 0 Å². The summed E-state index contributed by atoms with van der Waals surface area (Å²) in [7, 11) is -0.283. The summed E-state index contributed by atoms with van der Waals surface area (Å²) in [6.07, 6.45) is 9.50. The number of benzene rings is 1. The lowest BCUT2D eigenvalue weighted by Gasteiger charge is -2.63. The van der Waals surface area contributed by atoms with Crippen LogP contribution >= 0.6 is 7.92 Å². The summed E-state index contributed by atoms with van der Waals surface area (Å²) in [4.78, 5) is 0. The van der Waals surface area contributed by atoms with Crippen molar-refractivity contribution < 1.29 is 0 Å². The van der Waals surface area contributed by atoms with Crippen LogP contribution in [-0.4, -0.2) is 15.5 Å². The summed E-state index contributed by atoms with van der Waals surface area (Å²) in [6.45, 7) is 25.1. The first-order valence-corrected chi connectivity index (χ1v) is 14.0. The molecule has 0 nitrogen and oxygen atoms in total.